The predicted molar refractivity (Wildman–Crippen MR) is 102 cm³/mol. The molecule has 0 bridgehead atoms. The minimum atomic E-state index is -0.205. The van der Waals surface area contributed by atoms with Crippen molar-refractivity contribution < 1.29 is 14.3 Å². The molecule has 0 spiro atoms. The fraction of sp³-hybridized carbons (Fsp3) is 0.526. The Hall–Kier alpha value is -2.61. The molecular formula is C19H26N4O4. The van der Waals surface area contributed by atoms with E-state index in [2.05, 4.69) is 20.2 Å². The van der Waals surface area contributed by atoms with Gasteiger partial charge in [-0.2, -0.15) is 0 Å². The third-order valence-corrected chi connectivity index (χ3v) is 4.82. The fourth-order valence-corrected chi connectivity index (χ4v) is 3.45. The Balaban J connectivity index is 1.80. The number of ether oxygens (including phenoxy) is 2. The van der Waals surface area contributed by atoms with Gasteiger partial charge in [-0.1, -0.05) is 6.92 Å². The van der Waals surface area contributed by atoms with E-state index >= 15 is 0 Å². The normalized spacial score (nSPS) is 17.7. The van der Waals surface area contributed by atoms with Crippen LogP contribution in [0.2, 0.25) is 0 Å². The molecule has 1 amide bonds. The van der Waals surface area contributed by atoms with Crippen LogP contribution >= 0.6 is 0 Å². The Bertz CT molecular complexity index is 880. The molecule has 3 rings (SSSR count). The van der Waals surface area contributed by atoms with Crippen LogP contribution in [-0.4, -0.2) is 54.1 Å². The Morgan fingerprint density at radius 3 is 2.78 bits per heavy atom. The maximum absolute atomic E-state index is 12.5. The Kier molecular flexibility index (Phi) is 5.95. The number of aromatic nitrogens is 2. The molecule has 0 aliphatic carbocycles. The van der Waals surface area contributed by atoms with E-state index in [1.54, 1.807) is 19.2 Å². The van der Waals surface area contributed by atoms with Crippen molar-refractivity contribution in [3.05, 3.63) is 28.3 Å². The van der Waals surface area contributed by atoms with Gasteiger partial charge in [-0.15, -0.1) is 0 Å². The summed E-state index contributed by atoms with van der Waals surface area (Å²) < 4.78 is 10.6. The first kappa shape index (κ1) is 19.2. The number of piperidine rings is 1. The van der Waals surface area contributed by atoms with Crippen LogP contribution in [0.4, 0.5) is 0 Å². The SMILES string of the molecule is CCC(=O)NC1CCCN(Cc2nc3cc(OC)c(OC)cc3c(=O)[nH]2)C1. The van der Waals surface area contributed by atoms with Crippen molar-refractivity contribution in [2.75, 3.05) is 27.3 Å². The van der Waals surface area contributed by atoms with E-state index in [9.17, 15) is 9.59 Å². The van der Waals surface area contributed by atoms with Gasteiger partial charge in [0, 0.05) is 25.1 Å². The molecule has 1 aliphatic heterocycles. The van der Waals surface area contributed by atoms with Gasteiger partial charge in [-0.3, -0.25) is 14.5 Å². The number of H-pyrrole nitrogens is 1. The van der Waals surface area contributed by atoms with Gasteiger partial charge in [0.2, 0.25) is 5.91 Å². The monoisotopic (exact) mass is 374 g/mol. The molecule has 2 aromatic rings. The molecule has 2 N–H and O–H groups in total. The molecule has 146 valence electrons. The average Bonchev–Trinajstić information content (AvgIpc) is 2.67. The molecule has 1 unspecified atom stereocenters. The number of fused-ring (bicyclic) bond motifs is 1. The number of nitrogens with zero attached hydrogens (tertiary/aromatic N) is 2. The standard InChI is InChI=1S/C19H26N4O4/c1-4-18(24)20-12-6-5-7-23(10-12)11-17-21-14-9-16(27-3)15(26-2)8-13(14)19(25)22-17/h8-9,12H,4-7,10-11H2,1-3H3,(H,20,24)(H,21,22,25). The van der Waals surface area contributed by atoms with Gasteiger partial charge in [0.25, 0.3) is 5.56 Å². The largest absolute Gasteiger partial charge is 0.493 e. The number of rotatable bonds is 6. The molecule has 1 fully saturated rings. The molecule has 8 nitrogen and oxygen atoms in total. The minimum absolute atomic E-state index is 0.0696. The molecule has 27 heavy (non-hydrogen) atoms. The Morgan fingerprint density at radius 2 is 2.07 bits per heavy atom. The van der Waals surface area contributed by atoms with Crippen LogP contribution in [0.15, 0.2) is 16.9 Å². The van der Waals surface area contributed by atoms with Crippen molar-refractivity contribution in [1.29, 1.82) is 0 Å². The van der Waals surface area contributed by atoms with Crippen molar-refractivity contribution in [3.63, 3.8) is 0 Å². The number of methoxy groups -OCH3 is 2. The van der Waals surface area contributed by atoms with Crippen LogP contribution in [0, 0.1) is 0 Å². The van der Waals surface area contributed by atoms with Crippen molar-refractivity contribution >= 4 is 16.8 Å². The highest BCUT2D eigenvalue weighted by Crippen LogP contribution is 2.30. The first-order valence-corrected chi connectivity index (χ1v) is 9.20. The van der Waals surface area contributed by atoms with Crippen molar-refractivity contribution in [2.24, 2.45) is 0 Å². The van der Waals surface area contributed by atoms with Gasteiger partial charge in [-0.05, 0) is 25.5 Å². The van der Waals surface area contributed by atoms with E-state index in [4.69, 9.17) is 9.47 Å². The lowest BCUT2D eigenvalue weighted by molar-refractivity contribution is -0.121. The van der Waals surface area contributed by atoms with Gasteiger partial charge in [0.15, 0.2) is 11.5 Å². The third kappa shape index (κ3) is 4.39. The summed E-state index contributed by atoms with van der Waals surface area (Å²) in [6.45, 7) is 4.03. The lowest BCUT2D eigenvalue weighted by atomic mass is 10.1. The van der Waals surface area contributed by atoms with Crippen LogP contribution in [0.25, 0.3) is 10.9 Å². The molecule has 1 aromatic heterocycles. The number of carbonyl (C=O) groups is 1. The van der Waals surface area contributed by atoms with Crippen LogP contribution in [0.1, 0.15) is 32.0 Å². The second-order valence-corrected chi connectivity index (χ2v) is 6.73. The third-order valence-electron chi connectivity index (χ3n) is 4.82. The van der Waals surface area contributed by atoms with Crippen LogP contribution in [0.3, 0.4) is 0 Å². The van der Waals surface area contributed by atoms with E-state index < -0.39 is 0 Å². The number of carbonyl (C=O) groups excluding carboxylic acids is 1. The van der Waals surface area contributed by atoms with Crippen LogP contribution in [-0.2, 0) is 11.3 Å². The average molecular weight is 374 g/mol. The molecule has 1 atom stereocenters. The first-order chi connectivity index (χ1) is 13.0. The van der Waals surface area contributed by atoms with Gasteiger partial charge < -0.3 is 19.8 Å². The van der Waals surface area contributed by atoms with Gasteiger partial charge in [0.05, 0.1) is 31.7 Å². The van der Waals surface area contributed by atoms with Gasteiger partial charge in [-0.25, -0.2) is 4.98 Å². The molecule has 2 heterocycles. The van der Waals surface area contributed by atoms with E-state index in [1.165, 1.54) is 7.11 Å². The van der Waals surface area contributed by atoms with Gasteiger partial charge >= 0.3 is 0 Å². The van der Waals surface area contributed by atoms with E-state index in [0.29, 0.717) is 41.2 Å². The Morgan fingerprint density at radius 1 is 1.33 bits per heavy atom. The number of aromatic amines is 1. The molecule has 8 heteroatoms. The summed E-state index contributed by atoms with van der Waals surface area (Å²) >= 11 is 0. The molecule has 0 radical (unpaired) electrons. The summed E-state index contributed by atoms with van der Waals surface area (Å²) in [6, 6.07) is 3.50. The lowest BCUT2D eigenvalue weighted by Gasteiger charge is -2.32. The zero-order valence-corrected chi connectivity index (χ0v) is 16.0. The number of hydrogen-bond acceptors (Lipinski definition) is 6. The van der Waals surface area contributed by atoms with Crippen LogP contribution in [0.5, 0.6) is 11.5 Å². The molecule has 1 aliphatic rings. The summed E-state index contributed by atoms with van der Waals surface area (Å²) in [6.07, 6.45) is 2.46. The zero-order valence-electron chi connectivity index (χ0n) is 16.0. The summed E-state index contributed by atoms with van der Waals surface area (Å²) in [7, 11) is 3.08. The molecule has 0 saturated carbocycles. The van der Waals surface area contributed by atoms with E-state index in [-0.39, 0.29) is 17.5 Å². The topological polar surface area (TPSA) is 96.6 Å². The number of hydrogen-bond donors (Lipinski definition) is 2. The molecule has 1 aromatic carbocycles. The van der Waals surface area contributed by atoms with Crippen LogP contribution < -0.4 is 20.3 Å². The fourth-order valence-electron chi connectivity index (χ4n) is 3.45. The quantitative estimate of drug-likeness (QED) is 0.794. The van der Waals surface area contributed by atoms with Crippen molar-refractivity contribution in [2.45, 2.75) is 38.8 Å². The first-order valence-electron chi connectivity index (χ1n) is 9.20. The highest BCUT2D eigenvalue weighted by molar-refractivity contribution is 5.81. The zero-order chi connectivity index (χ0) is 19.4. The molecular weight excluding hydrogens is 348 g/mol. The number of nitrogens with one attached hydrogen (secondary N) is 2. The van der Waals surface area contributed by atoms with E-state index in [1.807, 2.05) is 6.92 Å². The second-order valence-electron chi connectivity index (χ2n) is 6.73. The summed E-state index contributed by atoms with van der Waals surface area (Å²) in [5.74, 6) is 1.70. The maximum atomic E-state index is 12.5. The number of amides is 1. The number of benzene rings is 1. The second kappa shape index (κ2) is 8.39. The van der Waals surface area contributed by atoms with Gasteiger partial charge in [0.1, 0.15) is 5.82 Å². The minimum Gasteiger partial charge on any atom is -0.493 e. The predicted octanol–water partition coefficient (Wildman–Crippen LogP) is 1.43. The summed E-state index contributed by atoms with van der Waals surface area (Å²) in [5, 5.41) is 3.51. The smallest absolute Gasteiger partial charge is 0.258 e. The summed E-state index contributed by atoms with van der Waals surface area (Å²) in [5.41, 5.74) is 0.364. The van der Waals surface area contributed by atoms with E-state index in [0.717, 1.165) is 25.9 Å². The maximum Gasteiger partial charge on any atom is 0.258 e. The summed E-state index contributed by atoms with van der Waals surface area (Å²) in [4.78, 5) is 33.8. The number of likely N-dealkylation sites (tertiary alicyclic amines) is 1. The van der Waals surface area contributed by atoms with Crippen molar-refractivity contribution in [1.82, 2.24) is 20.2 Å². The highest BCUT2D eigenvalue weighted by Gasteiger charge is 2.22. The van der Waals surface area contributed by atoms with Crippen molar-refractivity contribution in [3.8, 4) is 11.5 Å². The Labute approximate surface area is 157 Å². The molecule has 1 saturated heterocycles. The lowest BCUT2D eigenvalue weighted by Crippen LogP contribution is -2.47. The highest BCUT2D eigenvalue weighted by atomic mass is 16.5.